The second kappa shape index (κ2) is 5.86. The van der Waals surface area contributed by atoms with E-state index in [1.165, 1.54) is 0 Å². The number of sulfone groups is 2. The van der Waals surface area contributed by atoms with Crippen LogP contribution in [-0.2, 0) is 19.7 Å². The lowest BCUT2D eigenvalue weighted by molar-refractivity contribution is 0.122. The van der Waals surface area contributed by atoms with E-state index in [1.807, 2.05) is 11.9 Å². The van der Waals surface area contributed by atoms with Crippen LogP contribution in [0.2, 0.25) is 0 Å². The lowest BCUT2D eigenvalue weighted by Crippen LogP contribution is -2.54. The van der Waals surface area contributed by atoms with Crippen molar-refractivity contribution in [3.8, 4) is 0 Å². The Hall–Kier alpha value is -0.480. The van der Waals surface area contributed by atoms with Crippen LogP contribution in [0.3, 0.4) is 0 Å². The van der Waals surface area contributed by atoms with E-state index in [4.69, 9.17) is 0 Å². The molecule has 0 unspecified atom stereocenters. The number of rotatable bonds is 3. The van der Waals surface area contributed by atoms with E-state index in [1.54, 1.807) is 17.5 Å². The van der Waals surface area contributed by atoms with Crippen LogP contribution in [0.25, 0.3) is 0 Å². The molecule has 1 aromatic heterocycles. The Labute approximate surface area is 135 Å². The largest absolute Gasteiger partial charge is 0.304 e. The van der Waals surface area contributed by atoms with Gasteiger partial charge >= 0.3 is 0 Å². The van der Waals surface area contributed by atoms with Crippen LogP contribution in [0, 0.1) is 0 Å². The molecule has 22 heavy (non-hydrogen) atoms. The van der Waals surface area contributed by atoms with Gasteiger partial charge in [0.05, 0.1) is 16.8 Å². The first-order chi connectivity index (χ1) is 10.3. The van der Waals surface area contributed by atoms with Crippen LogP contribution >= 0.6 is 11.3 Å². The highest BCUT2D eigenvalue weighted by molar-refractivity contribution is 7.97. The van der Waals surface area contributed by atoms with Gasteiger partial charge in [0.25, 0.3) is 0 Å². The predicted molar refractivity (Wildman–Crippen MR) is 86.8 cm³/mol. The fourth-order valence-corrected chi connectivity index (χ4v) is 9.22. The standard InChI is InChI=1S/C13H20N2O4S3/c1-14-4-6-15(7-5-14)11-9-21(16,17)10-12(11)22(18,19)13-3-2-8-20-13/h2-3,8,11-12H,4-7,9-10H2,1H3/t11-,12-/m0/s1. The molecule has 9 heteroatoms. The molecule has 2 atom stereocenters. The summed E-state index contributed by atoms with van der Waals surface area (Å²) in [4.78, 5) is 4.21. The molecule has 1 aromatic rings. The SMILES string of the molecule is CN1CCN([C@H]2CS(=O)(=O)C[C@@H]2S(=O)(=O)c2cccs2)CC1. The zero-order valence-corrected chi connectivity index (χ0v) is 14.8. The Morgan fingerprint density at radius 2 is 1.86 bits per heavy atom. The quantitative estimate of drug-likeness (QED) is 0.748. The summed E-state index contributed by atoms with van der Waals surface area (Å²) in [7, 11) is -4.89. The van der Waals surface area contributed by atoms with Gasteiger partial charge in [-0.2, -0.15) is 0 Å². The van der Waals surface area contributed by atoms with Gasteiger partial charge in [-0.05, 0) is 18.5 Å². The van der Waals surface area contributed by atoms with E-state index in [9.17, 15) is 16.8 Å². The molecule has 0 bridgehead atoms. The zero-order valence-electron chi connectivity index (χ0n) is 12.4. The first-order valence-corrected chi connectivity index (χ1v) is 11.4. The smallest absolute Gasteiger partial charge is 0.193 e. The van der Waals surface area contributed by atoms with Gasteiger partial charge in [-0.3, -0.25) is 4.90 Å². The van der Waals surface area contributed by atoms with Crippen molar-refractivity contribution in [2.75, 3.05) is 44.7 Å². The molecule has 0 N–H and O–H groups in total. The average molecular weight is 365 g/mol. The first-order valence-electron chi connectivity index (χ1n) is 7.20. The zero-order chi connectivity index (χ0) is 16.0. The van der Waals surface area contributed by atoms with Crippen LogP contribution in [0.5, 0.6) is 0 Å². The Bertz CT molecular complexity index is 719. The van der Waals surface area contributed by atoms with E-state index in [-0.39, 0.29) is 15.7 Å². The maximum absolute atomic E-state index is 12.8. The van der Waals surface area contributed by atoms with E-state index >= 15 is 0 Å². The summed E-state index contributed by atoms with van der Waals surface area (Å²) < 4.78 is 50.0. The normalized spacial score (nSPS) is 30.6. The fourth-order valence-electron chi connectivity index (χ4n) is 3.16. The lowest BCUT2D eigenvalue weighted by atomic mass is 10.2. The molecule has 0 saturated carbocycles. The monoisotopic (exact) mass is 364 g/mol. The van der Waals surface area contributed by atoms with Gasteiger partial charge in [0, 0.05) is 32.2 Å². The summed E-state index contributed by atoms with van der Waals surface area (Å²) in [5.41, 5.74) is 0. The van der Waals surface area contributed by atoms with Crippen molar-refractivity contribution in [1.29, 1.82) is 0 Å². The van der Waals surface area contributed by atoms with Gasteiger partial charge in [0.1, 0.15) is 4.21 Å². The second-order valence-corrected chi connectivity index (χ2v) is 11.5. The third kappa shape index (κ3) is 3.09. The molecule has 2 fully saturated rings. The van der Waals surface area contributed by atoms with Crippen LogP contribution in [0.4, 0.5) is 0 Å². The van der Waals surface area contributed by atoms with Crippen LogP contribution < -0.4 is 0 Å². The summed E-state index contributed by atoms with van der Waals surface area (Å²) in [5, 5.41) is 0.862. The minimum atomic E-state index is -3.59. The van der Waals surface area contributed by atoms with Gasteiger partial charge in [-0.1, -0.05) is 6.07 Å². The Kier molecular flexibility index (Phi) is 4.36. The highest BCUT2D eigenvalue weighted by atomic mass is 32.2. The summed E-state index contributed by atoms with van der Waals surface area (Å²) in [5.74, 6) is -0.309. The molecule has 0 spiro atoms. The molecule has 2 aliphatic heterocycles. The molecule has 0 aliphatic carbocycles. The fraction of sp³-hybridized carbons (Fsp3) is 0.692. The average Bonchev–Trinajstić information content (AvgIpc) is 3.07. The lowest BCUT2D eigenvalue weighted by Gasteiger charge is -2.37. The van der Waals surface area contributed by atoms with Gasteiger partial charge in [0.15, 0.2) is 19.7 Å². The topological polar surface area (TPSA) is 74.8 Å². The third-order valence-electron chi connectivity index (χ3n) is 4.45. The van der Waals surface area contributed by atoms with Gasteiger partial charge in [0.2, 0.25) is 0 Å². The van der Waals surface area contributed by atoms with E-state index in [0.29, 0.717) is 13.1 Å². The Morgan fingerprint density at radius 1 is 1.18 bits per heavy atom. The predicted octanol–water partition coefficient (Wildman–Crippen LogP) is -0.0652. The highest BCUT2D eigenvalue weighted by Gasteiger charge is 2.48. The summed E-state index contributed by atoms with van der Waals surface area (Å²) in [6.07, 6.45) is 0. The first kappa shape index (κ1) is 16.4. The highest BCUT2D eigenvalue weighted by Crippen LogP contribution is 2.31. The van der Waals surface area contributed by atoms with Crippen molar-refractivity contribution in [3.63, 3.8) is 0 Å². The van der Waals surface area contributed by atoms with Crippen LogP contribution in [0.15, 0.2) is 21.7 Å². The molecule has 3 heterocycles. The molecular weight excluding hydrogens is 344 g/mol. The molecule has 0 aromatic carbocycles. The Balaban J connectivity index is 1.91. The maximum atomic E-state index is 12.8. The number of likely N-dealkylation sites (N-methyl/N-ethyl adjacent to an activating group) is 1. The minimum Gasteiger partial charge on any atom is -0.304 e. The number of hydrogen-bond donors (Lipinski definition) is 0. The number of nitrogens with zero attached hydrogens (tertiary/aromatic N) is 2. The van der Waals surface area contributed by atoms with Gasteiger partial charge in [-0.25, -0.2) is 16.8 Å². The summed E-state index contributed by atoms with van der Waals surface area (Å²) in [6, 6.07) is 2.82. The molecule has 2 aliphatic rings. The Morgan fingerprint density at radius 3 is 2.45 bits per heavy atom. The number of thiophene rings is 1. The minimum absolute atomic E-state index is 0.0496. The van der Waals surface area contributed by atoms with Gasteiger partial charge < -0.3 is 4.90 Å². The number of piperazine rings is 1. The molecule has 3 rings (SSSR count). The van der Waals surface area contributed by atoms with Crippen molar-refractivity contribution in [2.45, 2.75) is 15.5 Å². The summed E-state index contributed by atoms with van der Waals surface area (Å²) in [6.45, 7) is 3.10. The molecule has 124 valence electrons. The molecule has 0 radical (unpaired) electrons. The molecular formula is C13H20N2O4S3. The van der Waals surface area contributed by atoms with Crippen LogP contribution in [-0.4, -0.2) is 82.7 Å². The van der Waals surface area contributed by atoms with Crippen molar-refractivity contribution in [1.82, 2.24) is 9.80 Å². The molecule has 6 nitrogen and oxygen atoms in total. The summed E-state index contributed by atoms with van der Waals surface area (Å²) >= 11 is 1.16. The molecule has 2 saturated heterocycles. The maximum Gasteiger partial charge on any atom is 0.193 e. The van der Waals surface area contributed by atoms with Crippen molar-refractivity contribution in [2.24, 2.45) is 0 Å². The number of hydrogen-bond acceptors (Lipinski definition) is 7. The molecule has 0 amide bonds. The second-order valence-electron chi connectivity index (χ2n) is 6.00. The van der Waals surface area contributed by atoms with Crippen molar-refractivity contribution in [3.05, 3.63) is 17.5 Å². The van der Waals surface area contributed by atoms with Crippen LogP contribution in [0.1, 0.15) is 0 Å². The van der Waals surface area contributed by atoms with E-state index in [2.05, 4.69) is 4.90 Å². The third-order valence-corrected chi connectivity index (χ3v) is 10.0. The van der Waals surface area contributed by atoms with Crippen molar-refractivity contribution >= 4 is 31.0 Å². The van der Waals surface area contributed by atoms with E-state index in [0.717, 1.165) is 24.4 Å². The van der Waals surface area contributed by atoms with Crippen molar-refractivity contribution < 1.29 is 16.8 Å². The van der Waals surface area contributed by atoms with Gasteiger partial charge in [-0.15, -0.1) is 11.3 Å². The van der Waals surface area contributed by atoms with E-state index < -0.39 is 31.0 Å².